The molecule has 0 aromatic heterocycles. The average molecular weight is 368 g/mol. The van der Waals surface area contributed by atoms with Crippen LogP contribution in [0.2, 0.25) is 0 Å². The molecule has 0 fully saturated rings. The summed E-state index contributed by atoms with van der Waals surface area (Å²) in [6, 6.07) is 15.8. The summed E-state index contributed by atoms with van der Waals surface area (Å²) in [5.41, 5.74) is 0.792. The molecule has 0 saturated heterocycles. The van der Waals surface area contributed by atoms with Crippen molar-refractivity contribution < 1.29 is 13.4 Å². The number of halogens is 1. The minimum atomic E-state index is -3.62. The summed E-state index contributed by atoms with van der Waals surface area (Å²) in [6.45, 7) is 2.53. The number of hydrogen-bond acceptors (Lipinski definition) is 2. The van der Waals surface area contributed by atoms with Crippen LogP contribution in [0.4, 0.5) is 0 Å². The molecule has 4 nitrogen and oxygen atoms in total. The minimum absolute atomic E-state index is 0.219. The highest BCUT2D eigenvalue weighted by molar-refractivity contribution is 9.10. The van der Waals surface area contributed by atoms with Crippen LogP contribution in [0.15, 0.2) is 64.0 Å². The van der Waals surface area contributed by atoms with E-state index in [4.69, 9.17) is 0 Å². The van der Waals surface area contributed by atoms with Gasteiger partial charge >= 0.3 is 10.0 Å². The standard InChI is InChI=1S/C15H15BrN2O2S/c1-2-17-15(12-6-4-3-5-7-12)18-21(19,20)14-10-8-13(16)9-11-14/h3-11H,2H2,1H3,(H,17,18)/p+1. The van der Waals surface area contributed by atoms with E-state index in [0.717, 1.165) is 10.0 Å². The van der Waals surface area contributed by atoms with E-state index >= 15 is 0 Å². The van der Waals surface area contributed by atoms with Crippen LogP contribution in [0.5, 0.6) is 0 Å². The van der Waals surface area contributed by atoms with Crippen molar-refractivity contribution in [3.63, 3.8) is 0 Å². The average Bonchev–Trinajstić information content (AvgIpc) is 2.48. The fourth-order valence-electron chi connectivity index (χ4n) is 1.79. The molecule has 21 heavy (non-hydrogen) atoms. The molecule has 2 aromatic carbocycles. The van der Waals surface area contributed by atoms with Gasteiger partial charge in [-0.25, -0.2) is 0 Å². The zero-order chi connectivity index (χ0) is 15.3. The summed E-state index contributed by atoms with van der Waals surface area (Å²) < 4.78 is 28.3. The molecule has 2 aromatic rings. The largest absolute Gasteiger partial charge is 0.328 e. The smallest absolute Gasteiger partial charge is 0.274 e. The molecule has 2 rings (SSSR count). The lowest BCUT2D eigenvalue weighted by atomic mass is 10.2. The van der Waals surface area contributed by atoms with Crippen molar-refractivity contribution in [1.82, 2.24) is 4.72 Å². The van der Waals surface area contributed by atoms with E-state index in [2.05, 4.69) is 25.6 Å². The molecule has 0 aliphatic carbocycles. The Kier molecular flexibility index (Phi) is 5.14. The van der Waals surface area contributed by atoms with Crippen molar-refractivity contribution in [2.75, 3.05) is 6.54 Å². The molecule has 6 heteroatoms. The molecule has 0 aliphatic rings. The Morgan fingerprint density at radius 3 is 2.29 bits per heavy atom. The molecule has 2 N–H and O–H groups in total. The second-order valence-electron chi connectivity index (χ2n) is 4.33. The molecule has 0 bridgehead atoms. The molecule has 0 heterocycles. The Balaban J connectivity index is 2.33. The van der Waals surface area contributed by atoms with Crippen LogP contribution >= 0.6 is 15.9 Å². The van der Waals surface area contributed by atoms with Crippen LogP contribution in [0.25, 0.3) is 0 Å². The first-order chi connectivity index (χ1) is 10.0. The Morgan fingerprint density at radius 2 is 1.71 bits per heavy atom. The van der Waals surface area contributed by atoms with Gasteiger partial charge in [-0.1, -0.05) is 34.1 Å². The van der Waals surface area contributed by atoms with Crippen LogP contribution in [0.1, 0.15) is 12.5 Å². The van der Waals surface area contributed by atoms with Gasteiger partial charge < -0.3 is 0 Å². The van der Waals surface area contributed by atoms with Gasteiger partial charge in [-0.15, -0.1) is 0 Å². The molecule has 0 atom stereocenters. The number of benzene rings is 2. The summed E-state index contributed by atoms with van der Waals surface area (Å²) in [5, 5.41) is 0. The number of hydrogen-bond donors (Lipinski definition) is 2. The lowest BCUT2D eigenvalue weighted by molar-refractivity contribution is -0.453. The third kappa shape index (κ3) is 4.15. The molecular weight excluding hydrogens is 352 g/mol. The number of nitrogens with one attached hydrogen (secondary N) is 2. The quantitative estimate of drug-likeness (QED) is 0.631. The monoisotopic (exact) mass is 367 g/mol. The Bertz CT molecular complexity index is 726. The first-order valence-corrected chi connectivity index (χ1v) is 8.75. The van der Waals surface area contributed by atoms with Crippen LogP contribution in [-0.4, -0.2) is 20.8 Å². The van der Waals surface area contributed by atoms with Gasteiger partial charge in [0.05, 0.1) is 12.1 Å². The number of sulfonamides is 1. The van der Waals surface area contributed by atoms with E-state index in [9.17, 15) is 8.42 Å². The summed E-state index contributed by atoms with van der Waals surface area (Å²) in [5.74, 6) is 0.473. The van der Waals surface area contributed by atoms with Crippen molar-refractivity contribution >= 4 is 31.8 Å². The fourth-order valence-corrected chi connectivity index (χ4v) is 3.12. The summed E-state index contributed by atoms with van der Waals surface area (Å²) >= 11 is 3.29. The molecule has 110 valence electrons. The molecule has 0 aliphatic heterocycles. The van der Waals surface area contributed by atoms with Crippen molar-refractivity contribution in [3.8, 4) is 0 Å². The topological polar surface area (TPSA) is 60.1 Å². The maximum absolute atomic E-state index is 12.4. The Labute approximate surface area is 133 Å². The summed E-state index contributed by atoms with van der Waals surface area (Å²) in [4.78, 5) is 3.27. The third-order valence-corrected chi connectivity index (χ3v) is 4.67. The maximum Gasteiger partial charge on any atom is 0.328 e. The van der Waals surface area contributed by atoms with Crippen LogP contribution in [0, 0.1) is 0 Å². The zero-order valence-electron chi connectivity index (χ0n) is 11.5. The molecule has 0 saturated carbocycles. The first kappa shape index (κ1) is 15.7. The molecule has 0 radical (unpaired) electrons. The van der Waals surface area contributed by atoms with Gasteiger partial charge in [0, 0.05) is 4.47 Å². The predicted molar refractivity (Wildman–Crippen MR) is 86.5 cm³/mol. The van der Waals surface area contributed by atoms with Gasteiger partial charge in [0.2, 0.25) is 0 Å². The van der Waals surface area contributed by atoms with E-state index in [1.807, 2.05) is 37.3 Å². The number of rotatable bonds is 4. The first-order valence-electron chi connectivity index (χ1n) is 6.47. The Hall–Kier alpha value is -1.66. The predicted octanol–water partition coefficient (Wildman–Crippen LogP) is 1.27. The van der Waals surface area contributed by atoms with Gasteiger partial charge in [0.25, 0.3) is 5.84 Å². The molecule has 0 spiro atoms. The van der Waals surface area contributed by atoms with Crippen molar-refractivity contribution in [2.24, 2.45) is 0 Å². The second kappa shape index (κ2) is 6.87. The van der Waals surface area contributed by atoms with E-state index in [1.165, 1.54) is 0 Å². The normalized spacial score (nSPS) is 12.2. The maximum atomic E-state index is 12.4. The van der Waals surface area contributed by atoms with E-state index in [0.29, 0.717) is 12.4 Å². The molecule has 0 unspecified atom stereocenters. The highest BCUT2D eigenvalue weighted by Gasteiger charge is 2.23. The van der Waals surface area contributed by atoms with Gasteiger partial charge in [-0.3, -0.25) is 4.99 Å². The van der Waals surface area contributed by atoms with Crippen LogP contribution in [0.3, 0.4) is 0 Å². The van der Waals surface area contributed by atoms with Crippen LogP contribution < -0.4 is 9.71 Å². The van der Waals surface area contributed by atoms with Gasteiger partial charge in [-0.05, 0) is 43.3 Å². The van der Waals surface area contributed by atoms with Gasteiger partial charge in [0.1, 0.15) is 4.90 Å². The SMILES string of the molecule is CC[NH+]=C(NS(=O)(=O)c1ccc(Br)cc1)c1ccccc1. The minimum Gasteiger partial charge on any atom is -0.274 e. The van der Waals surface area contributed by atoms with E-state index < -0.39 is 10.0 Å². The molecule has 0 amide bonds. The van der Waals surface area contributed by atoms with Crippen molar-refractivity contribution in [3.05, 3.63) is 64.6 Å². The zero-order valence-corrected chi connectivity index (χ0v) is 13.9. The van der Waals surface area contributed by atoms with Crippen LogP contribution in [-0.2, 0) is 10.0 Å². The Morgan fingerprint density at radius 1 is 1.10 bits per heavy atom. The molecular formula is C15H16BrN2O2S+. The number of amidine groups is 1. The third-order valence-electron chi connectivity index (χ3n) is 2.78. The summed E-state index contributed by atoms with van der Waals surface area (Å²) in [7, 11) is -3.62. The van der Waals surface area contributed by atoms with Crippen molar-refractivity contribution in [2.45, 2.75) is 11.8 Å². The summed E-state index contributed by atoms with van der Waals surface area (Å²) in [6.07, 6.45) is 0. The van der Waals surface area contributed by atoms with E-state index in [-0.39, 0.29) is 4.90 Å². The lowest BCUT2D eigenvalue weighted by Crippen LogP contribution is -2.76. The van der Waals surface area contributed by atoms with E-state index in [1.54, 1.807) is 24.3 Å². The lowest BCUT2D eigenvalue weighted by Gasteiger charge is -2.05. The van der Waals surface area contributed by atoms with Crippen molar-refractivity contribution in [1.29, 1.82) is 0 Å². The second-order valence-corrected chi connectivity index (χ2v) is 6.93. The van der Waals surface area contributed by atoms with Gasteiger partial charge in [0.15, 0.2) is 0 Å². The highest BCUT2D eigenvalue weighted by atomic mass is 79.9. The van der Waals surface area contributed by atoms with Gasteiger partial charge in [-0.2, -0.15) is 13.1 Å². The fraction of sp³-hybridized carbons (Fsp3) is 0.133. The highest BCUT2D eigenvalue weighted by Crippen LogP contribution is 2.14.